The Hall–Kier alpha value is -0.0800. The number of guanidine groups is 1. The maximum atomic E-state index is 9.70. The van der Waals surface area contributed by atoms with Gasteiger partial charge in [0.25, 0.3) is 0 Å². The van der Waals surface area contributed by atoms with Crippen LogP contribution in [0, 0.1) is 5.41 Å². The van der Waals surface area contributed by atoms with Gasteiger partial charge in [-0.2, -0.15) is 0 Å². The van der Waals surface area contributed by atoms with Crippen molar-refractivity contribution in [2.45, 2.75) is 70.6 Å². The van der Waals surface area contributed by atoms with Gasteiger partial charge in [-0.1, -0.05) is 6.42 Å². The summed E-state index contributed by atoms with van der Waals surface area (Å²) in [4.78, 5) is 7.01. The number of aliphatic imine (C=N–C) groups is 1. The van der Waals surface area contributed by atoms with Crippen molar-refractivity contribution >= 4 is 29.9 Å². The topological polar surface area (TPSA) is 57.1 Å². The van der Waals surface area contributed by atoms with Crippen molar-refractivity contribution in [3.63, 3.8) is 0 Å². The lowest BCUT2D eigenvalue weighted by molar-refractivity contribution is -0.169. The van der Waals surface area contributed by atoms with Crippen LogP contribution in [0.4, 0.5) is 0 Å². The zero-order chi connectivity index (χ0) is 15.6. The quantitative estimate of drug-likeness (QED) is 0.403. The monoisotopic (exact) mass is 437 g/mol. The van der Waals surface area contributed by atoms with E-state index in [2.05, 4.69) is 24.1 Å². The van der Waals surface area contributed by atoms with Gasteiger partial charge in [0.2, 0.25) is 0 Å². The van der Waals surface area contributed by atoms with E-state index in [1.165, 1.54) is 19.3 Å². The van der Waals surface area contributed by atoms with Crippen LogP contribution in [0.25, 0.3) is 0 Å². The van der Waals surface area contributed by atoms with Crippen molar-refractivity contribution in [2.24, 2.45) is 10.4 Å². The van der Waals surface area contributed by atoms with E-state index in [0.29, 0.717) is 17.6 Å². The zero-order valence-corrected chi connectivity index (χ0v) is 16.8. The highest BCUT2D eigenvalue weighted by Crippen LogP contribution is 2.57. The number of piperidine rings is 1. The molecule has 2 aliphatic carbocycles. The molecular weight excluding hydrogens is 405 g/mol. The highest BCUT2D eigenvalue weighted by molar-refractivity contribution is 14.0. The second-order valence-electron chi connectivity index (χ2n) is 6.98. The van der Waals surface area contributed by atoms with Crippen LogP contribution in [0.3, 0.4) is 0 Å². The van der Waals surface area contributed by atoms with Gasteiger partial charge < -0.3 is 20.1 Å². The number of nitrogens with zero attached hydrogens (tertiary/aromatic N) is 2. The minimum absolute atomic E-state index is 0. The normalized spacial score (nSPS) is 30.4. The number of nitrogens with one attached hydrogen (secondary N) is 1. The summed E-state index contributed by atoms with van der Waals surface area (Å²) >= 11 is 0. The van der Waals surface area contributed by atoms with Crippen LogP contribution in [-0.4, -0.2) is 60.5 Å². The molecule has 0 radical (unpaired) electrons. The van der Waals surface area contributed by atoms with Crippen LogP contribution < -0.4 is 5.32 Å². The van der Waals surface area contributed by atoms with Crippen molar-refractivity contribution in [1.29, 1.82) is 0 Å². The van der Waals surface area contributed by atoms with Crippen LogP contribution in [-0.2, 0) is 4.74 Å². The summed E-state index contributed by atoms with van der Waals surface area (Å²) in [5.41, 5.74) is 0.361. The number of rotatable bonds is 4. The van der Waals surface area contributed by atoms with Crippen molar-refractivity contribution in [3.8, 4) is 0 Å². The van der Waals surface area contributed by atoms with Gasteiger partial charge in [-0.15, -0.1) is 24.0 Å². The first-order valence-electron chi connectivity index (χ1n) is 9.05. The van der Waals surface area contributed by atoms with Gasteiger partial charge in [0.05, 0.1) is 12.2 Å². The highest BCUT2D eigenvalue weighted by Gasteiger charge is 2.59. The number of aliphatic hydroxyl groups is 1. The summed E-state index contributed by atoms with van der Waals surface area (Å²) in [7, 11) is 0. The predicted molar refractivity (Wildman–Crippen MR) is 103 cm³/mol. The number of likely N-dealkylation sites (tertiary alicyclic amines) is 1. The van der Waals surface area contributed by atoms with Gasteiger partial charge in [-0.05, 0) is 46.0 Å². The Morgan fingerprint density at radius 1 is 1.30 bits per heavy atom. The van der Waals surface area contributed by atoms with E-state index in [4.69, 9.17) is 9.73 Å². The fraction of sp³-hybridized carbons (Fsp3) is 0.941. The molecule has 0 aromatic carbocycles. The van der Waals surface area contributed by atoms with Crippen LogP contribution in [0.15, 0.2) is 4.99 Å². The maximum Gasteiger partial charge on any atom is 0.194 e. The van der Waals surface area contributed by atoms with Crippen LogP contribution in [0.2, 0.25) is 0 Å². The molecule has 3 fully saturated rings. The molecule has 0 aromatic heterocycles. The summed E-state index contributed by atoms with van der Waals surface area (Å²) in [6.07, 6.45) is 7.01. The molecule has 6 heteroatoms. The Bertz CT molecular complexity index is 407. The second kappa shape index (κ2) is 8.34. The molecule has 1 aliphatic heterocycles. The Balaban J connectivity index is 0.00000192. The van der Waals surface area contributed by atoms with Crippen LogP contribution in [0.1, 0.15) is 52.4 Å². The molecule has 3 rings (SSSR count). The average Bonchev–Trinajstić information content (AvgIpc) is 2.44. The first-order valence-corrected chi connectivity index (χ1v) is 9.05. The predicted octanol–water partition coefficient (Wildman–Crippen LogP) is 2.37. The molecule has 1 saturated heterocycles. The molecule has 5 nitrogen and oxygen atoms in total. The maximum absolute atomic E-state index is 9.70. The van der Waals surface area contributed by atoms with Crippen molar-refractivity contribution in [1.82, 2.24) is 10.2 Å². The summed E-state index contributed by atoms with van der Waals surface area (Å²) < 4.78 is 5.94. The minimum Gasteiger partial charge on any atom is -0.393 e. The van der Waals surface area contributed by atoms with Crippen molar-refractivity contribution < 1.29 is 9.84 Å². The third-order valence-electron chi connectivity index (χ3n) is 5.81. The molecule has 2 saturated carbocycles. The Labute approximate surface area is 157 Å². The van der Waals surface area contributed by atoms with E-state index in [-0.39, 0.29) is 30.1 Å². The summed E-state index contributed by atoms with van der Waals surface area (Å²) in [5, 5.41) is 13.4. The molecule has 2 unspecified atom stereocenters. The summed E-state index contributed by atoms with van der Waals surface area (Å²) in [6.45, 7) is 7.61. The Kier molecular flexibility index (Phi) is 6.98. The molecule has 3 aliphatic rings. The van der Waals surface area contributed by atoms with Crippen molar-refractivity contribution in [2.75, 3.05) is 26.2 Å². The molecule has 23 heavy (non-hydrogen) atoms. The van der Waals surface area contributed by atoms with E-state index in [1.54, 1.807) is 0 Å². The fourth-order valence-electron chi connectivity index (χ4n) is 4.26. The van der Waals surface area contributed by atoms with Gasteiger partial charge in [-0.3, -0.25) is 4.99 Å². The number of hydrogen-bond donors (Lipinski definition) is 2. The lowest BCUT2D eigenvalue weighted by Crippen LogP contribution is -2.69. The number of hydrogen-bond acceptors (Lipinski definition) is 3. The van der Waals surface area contributed by atoms with E-state index in [0.717, 1.165) is 51.5 Å². The molecular formula is C17H32IN3O2. The van der Waals surface area contributed by atoms with Crippen molar-refractivity contribution in [3.05, 3.63) is 0 Å². The Morgan fingerprint density at radius 3 is 2.52 bits per heavy atom. The Morgan fingerprint density at radius 2 is 2.00 bits per heavy atom. The van der Waals surface area contributed by atoms with Crippen LogP contribution >= 0.6 is 24.0 Å². The lowest BCUT2D eigenvalue weighted by Gasteiger charge is -2.61. The van der Waals surface area contributed by atoms with E-state index in [9.17, 15) is 5.11 Å². The summed E-state index contributed by atoms with van der Waals surface area (Å²) in [5.74, 6) is 1.04. The SMILES string of the molecule is CCN=C(NC1CC(OCC)C12CCC2)N1CCC(O)CC1.I. The molecule has 0 aromatic rings. The summed E-state index contributed by atoms with van der Waals surface area (Å²) in [6, 6.07) is 0.509. The smallest absolute Gasteiger partial charge is 0.194 e. The number of ether oxygens (including phenoxy) is 1. The van der Waals surface area contributed by atoms with E-state index < -0.39 is 0 Å². The third kappa shape index (κ3) is 3.79. The van der Waals surface area contributed by atoms with Gasteiger partial charge >= 0.3 is 0 Å². The third-order valence-corrected chi connectivity index (χ3v) is 5.81. The minimum atomic E-state index is -0.136. The molecule has 1 spiro atoms. The number of aliphatic hydroxyl groups excluding tert-OH is 1. The molecule has 0 amide bonds. The van der Waals surface area contributed by atoms with E-state index in [1.807, 2.05) is 0 Å². The average molecular weight is 437 g/mol. The van der Waals surface area contributed by atoms with Gasteiger partial charge in [0, 0.05) is 37.7 Å². The highest BCUT2D eigenvalue weighted by atomic mass is 127. The first kappa shape index (κ1) is 19.2. The van der Waals surface area contributed by atoms with Crippen LogP contribution in [0.5, 0.6) is 0 Å². The number of halogens is 1. The van der Waals surface area contributed by atoms with Gasteiger partial charge in [-0.25, -0.2) is 0 Å². The molecule has 1 heterocycles. The van der Waals surface area contributed by atoms with Gasteiger partial charge in [0.15, 0.2) is 5.96 Å². The van der Waals surface area contributed by atoms with E-state index >= 15 is 0 Å². The molecule has 2 N–H and O–H groups in total. The largest absolute Gasteiger partial charge is 0.393 e. The molecule has 0 bridgehead atoms. The van der Waals surface area contributed by atoms with Gasteiger partial charge in [0.1, 0.15) is 0 Å². The zero-order valence-electron chi connectivity index (χ0n) is 14.5. The second-order valence-corrected chi connectivity index (χ2v) is 6.98. The first-order chi connectivity index (χ1) is 10.7. The molecule has 134 valence electrons. The molecule has 2 atom stereocenters. The fourth-order valence-corrected chi connectivity index (χ4v) is 4.26. The lowest BCUT2D eigenvalue weighted by atomic mass is 9.51. The standard InChI is InChI=1S/C17H31N3O2.HI/c1-3-18-16(20-10-6-13(21)7-11-20)19-14-12-15(22-4-2)17(14)8-5-9-17;/h13-15,21H,3-12H2,1-2H3,(H,18,19);1H.